The zero-order valence-corrected chi connectivity index (χ0v) is 9.47. The van der Waals surface area contributed by atoms with Gasteiger partial charge in [-0.15, -0.1) is 24.8 Å². The molecule has 0 spiro atoms. The number of nitrogens with zero attached hydrogens (tertiary/aromatic N) is 1. The van der Waals surface area contributed by atoms with E-state index in [0.717, 1.165) is 6.07 Å². The van der Waals surface area contributed by atoms with Gasteiger partial charge in [0.2, 0.25) is 5.88 Å². The van der Waals surface area contributed by atoms with Gasteiger partial charge in [-0.1, -0.05) is 0 Å². The molecule has 0 fully saturated rings. The molecule has 96 valence electrons. The third-order valence-corrected chi connectivity index (χ3v) is 2.10. The van der Waals surface area contributed by atoms with Crippen LogP contribution in [-0.2, 0) is 12.5 Å². The lowest BCUT2D eigenvalue weighted by molar-refractivity contribution is -0.276. The molecule has 4 nitrogen and oxygen atoms in total. The summed E-state index contributed by atoms with van der Waals surface area (Å²) in [6.45, 7) is -0.581. The van der Waals surface area contributed by atoms with Gasteiger partial charge in [0.15, 0.2) is 0 Å². The Balaban J connectivity index is 3.18. The topological polar surface area (TPSA) is 51.6 Å². The number of pyridine rings is 1. The molecule has 0 bridgehead atoms. The smallest absolute Gasteiger partial charge is 0.494 e. The van der Waals surface area contributed by atoms with Crippen LogP contribution in [0.5, 0.6) is 11.6 Å². The minimum Gasteiger partial charge on any atom is -0.494 e. The number of rotatable bonds is 4. The molecule has 0 radical (unpaired) electrons. The average molecular weight is 272 g/mol. The lowest BCUT2D eigenvalue weighted by atomic mass is 10.2. The van der Waals surface area contributed by atoms with E-state index in [1.54, 1.807) is 0 Å². The summed E-state index contributed by atoms with van der Waals surface area (Å²) in [5.74, 6) is -0.623. The van der Waals surface area contributed by atoms with E-state index in [9.17, 15) is 13.2 Å². The normalized spacial score (nSPS) is 11.4. The summed E-state index contributed by atoms with van der Waals surface area (Å²) in [6.07, 6.45) is -4.85. The highest BCUT2D eigenvalue weighted by Gasteiger charge is 2.32. The number of hydrogen-bond donors (Lipinski definition) is 1. The maximum atomic E-state index is 12.0. The highest BCUT2D eigenvalue weighted by molar-refractivity contribution is 6.17. The Morgan fingerprint density at radius 2 is 2.12 bits per heavy atom. The first-order chi connectivity index (χ1) is 7.91. The number of hydrogen-bond acceptors (Lipinski definition) is 4. The summed E-state index contributed by atoms with van der Waals surface area (Å²) in [5, 5.41) is 8.97. The first-order valence-electron chi connectivity index (χ1n) is 4.40. The Bertz CT molecular complexity index is 373. The number of ether oxygens (including phenoxy) is 2. The van der Waals surface area contributed by atoms with Gasteiger partial charge in [0.05, 0.1) is 19.6 Å². The van der Waals surface area contributed by atoms with Crippen LogP contribution in [0.1, 0.15) is 11.3 Å². The quantitative estimate of drug-likeness (QED) is 0.853. The molecule has 0 aliphatic rings. The maximum Gasteiger partial charge on any atom is 0.574 e. The van der Waals surface area contributed by atoms with Crippen LogP contribution in [0.2, 0.25) is 0 Å². The minimum atomic E-state index is -4.85. The van der Waals surface area contributed by atoms with Gasteiger partial charge < -0.3 is 14.6 Å². The SMILES string of the molecule is COc1c(CCl)cc(OC(F)(F)F)nc1CO. The third kappa shape index (κ3) is 3.64. The molecule has 8 heteroatoms. The van der Waals surface area contributed by atoms with Crippen molar-refractivity contribution >= 4 is 11.6 Å². The number of aromatic nitrogens is 1. The molecule has 1 aromatic heterocycles. The van der Waals surface area contributed by atoms with E-state index >= 15 is 0 Å². The van der Waals surface area contributed by atoms with Crippen molar-refractivity contribution in [2.24, 2.45) is 0 Å². The van der Waals surface area contributed by atoms with Gasteiger partial charge in [0.1, 0.15) is 11.4 Å². The predicted molar refractivity (Wildman–Crippen MR) is 53.0 cm³/mol. The molecule has 17 heavy (non-hydrogen) atoms. The first kappa shape index (κ1) is 13.9. The number of aliphatic hydroxyl groups excluding tert-OH is 1. The van der Waals surface area contributed by atoms with Gasteiger partial charge in [-0.05, 0) is 0 Å². The molecular formula is C9H9ClF3NO3. The summed E-state index contributed by atoms with van der Waals surface area (Å²) >= 11 is 5.56. The standard InChI is InChI=1S/C9H9ClF3NO3/c1-16-8-5(3-10)2-7(14-6(8)4-15)17-9(11,12)13/h2,15H,3-4H2,1H3. The Hall–Kier alpha value is -1.21. The third-order valence-electron chi connectivity index (χ3n) is 1.81. The predicted octanol–water partition coefficient (Wildman–Crippen LogP) is 2.22. The summed E-state index contributed by atoms with van der Waals surface area (Å²) < 4.78 is 44.6. The molecule has 0 amide bonds. The summed E-state index contributed by atoms with van der Waals surface area (Å²) in [7, 11) is 1.30. The van der Waals surface area contributed by atoms with E-state index in [1.807, 2.05) is 0 Å². The largest absolute Gasteiger partial charge is 0.574 e. The number of aliphatic hydroxyl groups is 1. The van der Waals surface area contributed by atoms with Crippen LogP contribution in [0.4, 0.5) is 13.2 Å². The van der Waals surface area contributed by atoms with Crippen LogP contribution in [0.3, 0.4) is 0 Å². The van der Waals surface area contributed by atoms with E-state index in [-0.39, 0.29) is 22.9 Å². The van der Waals surface area contributed by atoms with Crippen molar-refractivity contribution in [3.8, 4) is 11.6 Å². The highest BCUT2D eigenvalue weighted by atomic mass is 35.5. The van der Waals surface area contributed by atoms with Crippen molar-refractivity contribution in [3.05, 3.63) is 17.3 Å². The fraction of sp³-hybridized carbons (Fsp3) is 0.444. The van der Waals surface area contributed by atoms with E-state index < -0.39 is 18.8 Å². The Morgan fingerprint density at radius 1 is 1.47 bits per heavy atom. The van der Waals surface area contributed by atoms with Gasteiger partial charge in [0.25, 0.3) is 0 Å². The molecule has 0 saturated carbocycles. The molecule has 0 atom stereocenters. The van der Waals surface area contributed by atoms with Crippen LogP contribution in [-0.4, -0.2) is 23.6 Å². The van der Waals surface area contributed by atoms with Gasteiger partial charge in [-0.25, -0.2) is 4.98 Å². The van der Waals surface area contributed by atoms with Crippen molar-refractivity contribution in [1.82, 2.24) is 4.98 Å². The second kappa shape index (κ2) is 5.42. The lowest BCUT2D eigenvalue weighted by Gasteiger charge is -2.13. The number of halogens is 4. The Labute approximate surface area is 99.9 Å². The molecular weight excluding hydrogens is 263 g/mol. The fourth-order valence-electron chi connectivity index (χ4n) is 1.24. The number of alkyl halides is 4. The van der Waals surface area contributed by atoms with E-state index in [2.05, 4.69) is 9.72 Å². The summed E-state index contributed by atoms with van der Waals surface area (Å²) in [5.41, 5.74) is 0.192. The molecule has 0 saturated heterocycles. The second-order valence-corrected chi connectivity index (χ2v) is 3.21. The van der Waals surface area contributed by atoms with Gasteiger partial charge in [0, 0.05) is 11.6 Å². The van der Waals surface area contributed by atoms with Gasteiger partial charge in [-0.3, -0.25) is 0 Å². The van der Waals surface area contributed by atoms with Crippen molar-refractivity contribution in [2.75, 3.05) is 7.11 Å². The lowest BCUT2D eigenvalue weighted by Crippen LogP contribution is -2.18. The molecule has 0 aliphatic carbocycles. The first-order valence-corrected chi connectivity index (χ1v) is 4.94. The van der Waals surface area contributed by atoms with Crippen LogP contribution < -0.4 is 9.47 Å². The Morgan fingerprint density at radius 3 is 2.53 bits per heavy atom. The fourth-order valence-corrected chi connectivity index (χ4v) is 1.44. The molecule has 1 N–H and O–H groups in total. The van der Waals surface area contributed by atoms with E-state index in [0.29, 0.717) is 0 Å². The highest BCUT2D eigenvalue weighted by Crippen LogP contribution is 2.30. The van der Waals surface area contributed by atoms with Crippen LogP contribution in [0, 0.1) is 0 Å². The Kier molecular flexibility index (Phi) is 4.41. The second-order valence-electron chi connectivity index (χ2n) is 2.94. The molecule has 0 aromatic carbocycles. The van der Waals surface area contributed by atoms with Gasteiger partial charge in [-0.2, -0.15) is 0 Å². The molecule has 0 aliphatic heterocycles. The van der Waals surface area contributed by atoms with Crippen LogP contribution >= 0.6 is 11.6 Å². The summed E-state index contributed by atoms with van der Waals surface area (Å²) in [6, 6.07) is 1.01. The zero-order valence-electron chi connectivity index (χ0n) is 8.71. The van der Waals surface area contributed by atoms with Gasteiger partial charge >= 0.3 is 6.36 Å². The summed E-state index contributed by atoms with van der Waals surface area (Å²) in [4.78, 5) is 3.48. The minimum absolute atomic E-state index is 0.0649. The molecule has 1 heterocycles. The van der Waals surface area contributed by atoms with E-state index in [1.165, 1.54) is 7.11 Å². The molecule has 0 unspecified atom stereocenters. The zero-order chi connectivity index (χ0) is 13.1. The molecule has 1 rings (SSSR count). The number of methoxy groups -OCH3 is 1. The molecule has 1 aromatic rings. The maximum absolute atomic E-state index is 12.0. The average Bonchev–Trinajstić information content (AvgIpc) is 2.25. The monoisotopic (exact) mass is 271 g/mol. The van der Waals surface area contributed by atoms with Crippen molar-refractivity contribution in [1.29, 1.82) is 0 Å². The van der Waals surface area contributed by atoms with Crippen LogP contribution in [0.25, 0.3) is 0 Å². The van der Waals surface area contributed by atoms with Crippen molar-refractivity contribution < 1.29 is 27.8 Å². The van der Waals surface area contributed by atoms with E-state index in [4.69, 9.17) is 21.4 Å². The van der Waals surface area contributed by atoms with Crippen molar-refractivity contribution in [3.63, 3.8) is 0 Å². The van der Waals surface area contributed by atoms with Crippen LogP contribution in [0.15, 0.2) is 6.07 Å². The van der Waals surface area contributed by atoms with Crippen molar-refractivity contribution in [2.45, 2.75) is 18.8 Å².